The number of carbonyl (C=O) groups is 1. The fraction of sp³-hybridized carbons (Fsp3) is 0.933. The number of nitrogens with zero attached hydrogens (tertiary/aromatic N) is 1. The number of hydrogen-bond donors (Lipinski definition) is 0. The Kier molecular flexibility index (Phi) is 7.56. The fourth-order valence-electron chi connectivity index (χ4n) is 2.58. The van der Waals surface area contributed by atoms with Crippen molar-refractivity contribution in [2.75, 3.05) is 24.6 Å². The summed E-state index contributed by atoms with van der Waals surface area (Å²) < 4.78 is 22.8. The van der Waals surface area contributed by atoms with Gasteiger partial charge in [-0.1, -0.05) is 26.7 Å². The van der Waals surface area contributed by atoms with Gasteiger partial charge in [-0.2, -0.15) is 0 Å². The van der Waals surface area contributed by atoms with Crippen LogP contribution >= 0.6 is 0 Å². The Morgan fingerprint density at radius 1 is 1.05 bits per heavy atom. The lowest BCUT2D eigenvalue weighted by Gasteiger charge is -2.27. The van der Waals surface area contributed by atoms with E-state index in [0.717, 1.165) is 38.8 Å². The van der Waals surface area contributed by atoms with Crippen molar-refractivity contribution in [1.29, 1.82) is 0 Å². The van der Waals surface area contributed by atoms with Crippen molar-refractivity contribution in [2.24, 2.45) is 5.92 Å². The standard InChI is InChI=1S/C15H29NO3S/c1-3-5-9-16(10-6-4-2)15(17)13-14-7-11-20(18,19)12-8-14/h14H,3-13H2,1-2H3. The van der Waals surface area contributed by atoms with Crippen molar-refractivity contribution in [3.63, 3.8) is 0 Å². The summed E-state index contributed by atoms with van der Waals surface area (Å²) in [6.07, 6.45) is 6.13. The summed E-state index contributed by atoms with van der Waals surface area (Å²) in [5.41, 5.74) is 0. The number of hydrogen-bond acceptors (Lipinski definition) is 3. The van der Waals surface area contributed by atoms with E-state index in [9.17, 15) is 13.2 Å². The molecule has 0 atom stereocenters. The van der Waals surface area contributed by atoms with Crippen LogP contribution < -0.4 is 0 Å². The van der Waals surface area contributed by atoms with Crippen LogP contribution in [-0.4, -0.2) is 43.8 Å². The zero-order valence-corrected chi connectivity index (χ0v) is 13.8. The summed E-state index contributed by atoms with van der Waals surface area (Å²) >= 11 is 0. The Morgan fingerprint density at radius 2 is 1.55 bits per heavy atom. The van der Waals surface area contributed by atoms with Crippen molar-refractivity contribution in [1.82, 2.24) is 4.90 Å². The van der Waals surface area contributed by atoms with Crippen LogP contribution in [-0.2, 0) is 14.6 Å². The third-order valence-electron chi connectivity index (χ3n) is 4.05. The van der Waals surface area contributed by atoms with Gasteiger partial charge in [0, 0.05) is 19.5 Å². The average Bonchev–Trinajstić information content (AvgIpc) is 2.41. The molecule has 5 heteroatoms. The molecule has 0 bridgehead atoms. The number of carbonyl (C=O) groups excluding carboxylic acids is 1. The molecule has 1 saturated heterocycles. The summed E-state index contributed by atoms with van der Waals surface area (Å²) in [6.45, 7) is 5.96. The van der Waals surface area contributed by atoms with Crippen LogP contribution in [0.5, 0.6) is 0 Å². The molecule has 0 aromatic heterocycles. The average molecular weight is 303 g/mol. The first kappa shape index (κ1) is 17.5. The van der Waals surface area contributed by atoms with Gasteiger partial charge < -0.3 is 4.90 Å². The van der Waals surface area contributed by atoms with Crippen LogP contribution in [0.2, 0.25) is 0 Å². The quantitative estimate of drug-likeness (QED) is 0.692. The SMILES string of the molecule is CCCCN(CCCC)C(=O)CC1CCS(=O)(=O)CC1. The van der Waals surface area contributed by atoms with E-state index < -0.39 is 9.84 Å². The van der Waals surface area contributed by atoms with Crippen molar-refractivity contribution in [2.45, 2.75) is 58.8 Å². The normalized spacial score (nSPS) is 18.9. The third-order valence-corrected chi connectivity index (χ3v) is 5.77. The van der Waals surface area contributed by atoms with E-state index in [1.54, 1.807) is 0 Å². The molecule has 0 spiro atoms. The molecular weight excluding hydrogens is 274 g/mol. The van der Waals surface area contributed by atoms with Crippen molar-refractivity contribution >= 4 is 15.7 Å². The van der Waals surface area contributed by atoms with Crippen LogP contribution in [0, 0.1) is 5.92 Å². The van der Waals surface area contributed by atoms with Gasteiger partial charge in [0.1, 0.15) is 9.84 Å². The Hall–Kier alpha value is -0.580. The molecule has 0 aromatic carbocycles. The van der Waals surface area contributed by atoms with Crippen LogP contribution in [0.3, 0.4) is 0 Å². The zero-order chi connectivity index (χ0) is 15.0. The molecule has 0 unspecified atom stereocenters. The van der Waals surface area contributed by atoms with E-state index in [1.165, 1.54) is 0 Å². The molecule has 1 amide bonds. The number of rotatable bonds is 8. The molecule has 0 aromatic rings. The molecule has 118 valence electrons. The molecule has 0 N–H and O–H groups in total. The summed E-state index contributed by atoms with van der Waals surface area (Å²) in [7, 11) is -2.82. The first-order valence-corrected chi connectivity index (χ1v) is 9.78. The molecule has 1 fully saturated rings. The van der Waals surface area contributed by atoms with Gasteiger partial charge in [0.05, 0.1) is 11.5 Å². The molecule has 0 saturated carbocycles. The van der Waals surface area contributed by atoms with Gasteiger partial charge in [-0.05, 0) is 31.6 Å². The maximum absolute atomic E-state index is 12.4. The van der Waals surface area contributed by atoms with Gasteiger partial charge in [0.25, 0.3) is 0 Å². The summed E-state index contributed by atoms with van der Waals surface area (Å²) in [4.78, 5) is 14.3. The third kappa shape index (κ3) is 6.25. The molecule has 20 heavy (non-hydrogen) atoms. The number of unbranched alkanes of at least 4 members (excludes halogenated alkanes) is 2. The highest BCUT2D eigenvalue weighted by Gasteiger charge is 2.26. The van der Waals surface area contributed by atoms with E-state index >= 15 is 0 Å². The minimum absolute atomic E-state index is 0.219. The molecule has 1 rings (SSSR count). The highest BCUT2D eigenvalue weighted by Crippen LogP contribution is 2.23. The first-order chi connectivity index (χ1) is 9.48. The van der Waals surface area contributed by atoms with Gasteiger partial charge in [0.2, 0.25) is 5.91 Å². The highest BCUT2D eigenvalue weighted by atomic mass is 32.2. The van der Waals surface area contributed by atoms with E-state index in [0.29, 0.717) is 19.3 Å². The summed E-state index contributed by atoms with van der Waals surface area (Å²) in [5, 5.41) is 0. The molecule has 0 aliphatic carbocycles. The minimum Gasteiger partial charge on any atom is -0.343 e. The zero-order valence-electron chi connectivity index (χ0n) is 12.9. The predicted octanol–water partition coefficient (Wildman–Crippen LogP) is 2.63. The van der Waals surface area contributed by atoms with Gasteiger partial charge >= 0.3 is 0 Å². The topological polar surface area (TPSA) is 54.5 Å². The van der Waals surface area contributed by atoms with Crippen LogP contribution in [0.25, 0.3) is 0 Å². The molecule has 1 heterocycles. The van der Waals surface area contributed by atoms with E-state index in [1.807, 2.05) is 4.90 Å². The van der Waals surface area contributed by atoms with Crippen LogP contribution in [0.4, 0.5) is 0 Å². The highest BCUT2D eigenvalue weighted by molar-refractivity contribution is 7.91. The fourth-order valence-corrected chi connectivity index (χ4v) is 4.17. The maximum Gasteiger partial charge on any atom is 0.222 e. The second-order valence-corrected chi connectivity index (χ2v) is 8.19. The Bertz CT molecular complexity index is 370. The summed E-state index contributed by atoms with van der Waals surface area (Å²) in [5.74, 6) is 0.997. The molecule has 1 aliphatic heterocycles. The smallest absolute Gasteiger partial charge is 0.222 e. The Balaban J connectivity index is 2.44. The van der Waals surface area contributed by atoms with E-state index in [-0.39, 0.29) is 23.3 Å². The Labute approximate surface area is 123 Å². The summed E-state index contributed by atoms with van der Waals surface area (Å²) in [6, 6.07) is 0. The predicted molar refractivity (Wildman–Crippen MR) is 82.4 cm³/mol. The van der Waals surface area contributed by atoms with Gasteiger partial charge in [0.15, 0.2) is 0 Å². The molecule has 0 radical (unpaired) electrons. The van der Waals surface area contributed by atoms with Crippen molar-refractivity contribution < 1.29 is 13.2 Å². The lowest BCUT2D eigenvalue weighted by Crippen LogP contribution is -2.35. The van der Waals surface area contributed by atoms with Gasteiger partial charge in [-0.25, -0.2) is 8.42 Å². The van der Waals surface area contributed by atoms with Crippen molar-refractivity contribution in [3.05, 3.63) is 0 Å². The lowest BCUT2D eigenvalue weighted by molar-refractivity contribution is -0.132. The van der Waals surface area contributed by atoms with E-state index in [4.69, 9.17) is 0 Å². The largest absolute Gasteiger partial charge is 0.343 e. The van der Waals surface area contributed by atoms with Crippen LogP contribution in [0.15, 0.2) is 0 Å². The number of sulfone groups is 1. The molecular formula is C15H29NO3S. The first-order valence-electron chi connectivity index (χ1n) is 7.96. The Morgan fingerprint density at radius 3 is 2.00 bits per heavy atom. The monoisotopic (exact) mass is 303 g/mol. The lowest BCUT2D eigenvalue weighted by atomic mass is 9.98. The van der Waals surface area contributed by atoms with Gasteiger partial charge in [-0.3, -0.25) is 4.79 Å². The second-order valence-electron chi connectivity index (χ2n) is 5.89. The minimum atomic E-state index is -2.82. The van der Waals surface area contributed by atoms with Crippen LogP contribution in [0.1, 0.15) is 58.8 Å². The van der Waals surface area contributed by atoms with E-state index in [2.05, 4.69) is 13.8 Å². The number of amides is 1. The molecule has 1 aliphatic rings. The van der Waals surface area contributed by atoms with Crippen molar-refractivity contribution in [3.8, 4) is 0 Å². The second kappa shape index (κ2) is 8.65. The molecule has 4 nitrogen and oxygen atoms in total. The maximum atomic E-state index is 12.4. The van der Waals surface area contributed by atoms with Gasteiger partial charge in [-0.15, -0.1) is 0 Å².